The Morgan fingerprint density at radius 3 is 2.80 bits per heavy atom. The first-order valence-electron chi connectivity index (χ1n) is 7.15. The third kappa shape index (κ3) is 2.68. The molecule has 104 valence electrons. The highest BCUT2D eigenvalue weighted by Crippen LogP contribution is 2.18. The summed E-state index contributed by atoms with van der Waals surface area (Å²) in [6, 6.07) is 13.9. The van der Waals surface area contributed by atoms with E-state index < -0.39 is 0 Å². The minimum absolute atomic E-state index is 0.0289. The van der Waals surface area contributed by atoms with Gasteiger partial charge in [-0.2, -0.15) is 0 Å². The van der Waals surface area contributed by atoms with E-state index in [1.54, 1.807) is 0 Å². The van der Waals surface area contributed by atoms with Gasteiger partial charge in [-0.1, -0.05) is 30.3 Å². The van der Waals surface area contributed by atoms with Crippen molar-refractivity contribution in [1.29, 1.82) is 0 Å². The Labute approximate surface area is 118 Å². The third-order valence-electron chi connectivity index (χ3n) is 3.89. The van der Waals surface area contributed by atoms with Crippen molar-refractivity contribution in [2.24, 2.45) is 0 Å². The van der Waals surface area contributed by atoms with Crippen LogP contribution in [0.2, 0.25) is 0 Å². The first-order chi connectivity index (χ1) is 9.74. The van der Waals surface area contributed by atoms with Crippen LogP contribution < -0.4 is 5.32 Å². The van der Waals surface area contributed by atoms with E-state index in [2.05, 4.69) is 5.32 Å². The molecule has 3 rings (SSSR count). The minimum Gasteiger partial charge on any atom is -0.376 e. The predicted molar refractivity (Wildman–Crippen MR) is 79.9 cm³/mol. The molecule has 2 atom stereocenters. The Bertz CT molecular complexity index is 617. The number of carbonyl (C=O) groups excluding carboxylic acids is 1. The second-order valence-electron chi connectivity index (χ2n) is 5.38. The summed E-state index contributed by atoms with van der Waals surface area (Å²) in [6.07, 6.45) is 2.26. The lowest BCUT2D eigenvalue weighted by molar-refractivity contribution is 0.0712. The van der Waals surface area contributed by atoms with Crippen molar-refractivity contribution in [3.8, 4) is 0 Å². The topological polar surface area (TPSA) is 38.3 Å². The zero-order valence-electron chi connectivity index (χ0n) is 11.6. The van der Waals surface area contributed by atoms with Crippen LogP contribution in [-0.2, 0) is 4.74 Å². The van der Waals surface area contributed by atoms with Gasteiger partial charge in [0.2, 0.25) is 0 Å². The van der Waals surface area contributed by atoms with Crippen LogP contribution in [0, 0.1) is 0 Å². The van der Waals surface area contributed by atoms with E-state index in [4.69, 9.17) is 4.74 Å². The van der Waals surface area contributed by atoms with Crippen LogP contribution in [0.5, 0.6) is 0 Å². The maximum Gasteiger partial charge on any atom is 0.251 e. The number of nitrogens with one attached hydrogen (secondary N) is 1. The quantitative estimate of drug-likeness (QED) is 0.929. The van der Waals surface area contributed by atoms with Crippen molar-refractivity contribution < 1.29 is 9.53 Å². The number of fused-ring (bicyclic) bond motifs is 1. The monoisotopic (exact) mass is 269 g/mol. The summed E-state index contributed by atoms with van der Waals surface area (Å²) < 4.78 is 5.61. The number of amides is 1. The Morgan fingerprint density at radius 1 is 1.25 bits per heavy atom. The van der Waals surface area contributed by atoms with Crippen LogP contribution in [0.25, 0.3) is 10.8 Å². The Morgan fingerprint density at radius 2 is 2.05 bits per heavy atom. The Balaban J connectivity index is 1.74. The highest BCUT2D eigenvalue weighted by atomic mass is 16.5. The number of hydrogen-bond acceptors (Lipinski definition) is 2. The average molecular weight is 269 g/mol. The Kier molecular flexibility index (Phi) is 3.70. The van der Waals surface area contributed by atoms with E-state index >= 15 is 0 Å². The molecule has 0 aliphatic carbocycles. The standard InChI is InChI=1S/C17H19NO2/c1-12(16-7-4-10-20-16)18-17(19)15-9-8-13-5-2-3-6-14(13)11-15/h2-3,5-6,8-9,11-12,16H,4,7,10H2,1H3,(H,18,19)/t12-,16+/m0/s1. The average Bonchev–Trinajstić information content (AvgIpc) is 3.01. The lowest BCUT2D eigenvalue weighted by Gasteiger charge is -2.20. The third-order valence-corrected chi connectivity index (χ3v) is 3.89. The van der Waals surface area contributed by atoms with Crippen molar-refractivity contribution in [3.05, 3.63) is 48.0 Å². The molecule has 0 spiro atoms. The van der Waals surface area contributed by atoms with E-state index in [0.29, 0.717) is 5.56 Å². The molecule has 1 heterocycles. The molecule has 1 aliphatic rings. The molecule has 0 radical (unpaired) electrons. The smallest absolute Gasteiger partial charge is 0.251 e. The second kappa shape index (κ2) is 5.63. The van der Waals surface area contributed by atoms with Crippen LogP contribution in [0.3, 0.4) is 0 Å². The molecule has 2 aromatic carbocycles. The van der Waals surface area contributed by atoms with Gasteiger partial charge in [-0.25, -0.2) is 0 Å². The van der Waals surface area contributed by atoms with Crippen LogP contribution >= 0.6 is 0 Å². The van der Waals surface area contributed by atoms with Gasteiger partial charge in [-0.3, -0.25) is 4.79 Å². The van der Waals surface area contributed by atoms with Crippen molar-refractivity contribution in [3.63, 3.8) is 0 Å². The molecule has 1 fully saturated rings. The molecular weight excluding hydrogens is 250 g/mol. The molecule has 1 aliphatic heterocycles. The predicted octanol–water partition coefficient (Wildman–Crippen LogP) is 3.14. The van der Waals surface area contributed by atoms with Gasteiger partial charge in [-0.15, -0.1) is 0 Å². The zero-order valence-corrected chi connectivity index (χ0v) is 11.6. The number of rotatable bonds is 3. The fourth-order valence-corrected chi connectivity index (χ4v) is 2.71. The van der Waals surface area contributed by atoms with Gasteiger partial charge >= 0.3 is 0 Å². The zero-order chi connectivity index (χ0) is 13.9. The molecule has 0 saturated carbocycles. The van der Waals surface area contributed by atoms with E-state index in [0.717, 1.165) is 30.2 Å². The van der Waals surface area contributed by atoms with Crippen molar-refractivity contribution in [2.45, 2.75) is 31.9 Å². The van der Waals surface area contributed by atoms with Gasteiger partial charge < -0.3 is 10.1 Å². The molecule has 20 heavy (non-hydrogen) atoms. The summed E-state index contributed by atoms with van der Waals surface area (Å²) >= 11 is 0. The maximum atomic E-state index is 12.3. The van der Waals surface area contributed by atoms with E-state index in [-0.39, 0.29) is 18.1 Å². The lowest BCUT2D eigenvalue weighted by atomic mass is 10.1. The first-order valence-corrected chi connectivity index (χ1v) is 7.15. The lowest BCUT2D eigenvalue weighted by Crippen LogP contribution is -2.40. The molecule has 2 aromatic rings. The maximum absolute atomic E-state index is 12.3. The molecule has 3 nitrogen and oxygen atoms in total. The summed E-state index contributed by atoms with van der Waals surface area (Å²) in [7, 11) is 0. The molecule has 3 heteroatoms. The van der Waals surface area contributed by atoms with Gasteiger partial charge in [0.25, 0.3) is 5.91 Å². The normalized spacial score (nSPS) is 19.9. The summed E-state index contributed by atoms with van der Waals surface area (Å²) in [5, 5.41) is 5.28. The van der Waals surface area contributed by atoms with E-state index in [9.17, 15) is 4.79 Å². The summed E-state index contributed by atoms with van der Waals surface area (Å²) in [5.74, 6) is -0.0289. The highest BCUT2D eigenvalue weighted by Gasteiger charge is 2.23. The number of hydrogen-bond donors (Lipinski definition) is 1. The fourth-order valence-electron chi connectivity index (χ4n) is 2.71. The SMILES string of the molecule is C[C@H](NC(=O)c1ccc2ccccc2c1)[C@H]1CCCO1. The summed E-state index contributed by atoms with van der Waals surface area (Å²) in [6.45, 7) is 2.82. The van der Waals surface area contributed by atoms with Gasteiger partial charge in [0.05, 0.1) is 12.1 Å². The van der Waals surface area contributed by atoms with Gasteiger partial charge in [-0.05, 0) is 42.7 Å². The highest BCUT2D eigenvalue weighted by molar-refractivity contribution is 5.98. The van der Waals surface area contributed by atoms with E-state index in [1.165, 1.54) is 0 Å². The van der Waals surface area contributed by atoms with Crippen LogP contribution in [0.15, 0.2) is 42.5 Å². The first kappa shape index (κ1) is 13.1. The van der Waals surface area contributed by atoms with E-state index in [1.807, 2.05) is 49.4 Å². The van der Waals surface area contributed by atoms with Gasteiger partial charge in [0.1, 0.15) is 0 Å². The van der Waals surface area contributed by atoms with Crippen molar-refractivity contribution >= 4 is 16.7 Å². The van der Waals surface area contributed by atoms with Crippen molar-refractivity contribution in [2.75, 3.05) is 6.61 Å². The van der Waals surface area contributed by atoms with Gasteiger partial charge in [0.15, 0.2) is 0 Å². The molecule has 1 N–H and O–H groups in total. The number of carbonyl (C=O) groups is 1. The van der Waals surface area contributed by atoms with Crippen LogP contribution in [-0.4, -0.2) is 24.7 Å². The molecule has 0 bridgehead atoms. The van der Waals surface area contributed by atoms with Gasteiger partial charge in [0, 0.05) is 12.2 Å². The molecule has 1 amide bonds. The molecule has 0 aromatic heterocycles. The molecular formula is C17H19NO2. The largest absolute Gasteiger partial charge is 0.376 e. The summed E-state index contributed by atoms with van der Waals surface area (Å²) in [4.78, 5) is 12.3. The number of benzene rings is 2. The second-order valence-corrected chi connectivity index (χ2v) is 5.38. The molecule has 1 saturated heterocycles. The Hall–Kier alpha value is -1.87. The fraction of sp³-hybridized carbons (Fsp3) is 0.353. The molecule has 0 unspecified atom stereocenters. The minimum atomic E-state index is -0.0289. The van der Waals surface area contributed by atoms with Crippen LogP contribution in [0.4, 0.5) is 0 Å². The summed E-state index contributed by atoms with van der Waals surface area (Å²) in [5.41, 5.74) is 0.702. The van der Waals surface area contributed by atoms with Crippen LogP contribution in [0.1, 0.15) is 30.1 Å². The number of ether oxygens (including phenoxy) is 1. The van der Waals surface area contributed by atoms with Crippen molar-refractivity contribution in [1.82, 2.24) is 5.32 Å².